The number of halogens is 4. The number of carbonyl (C=O) groups is 2. The molecule has 1 atom stereocenters. The first-order valence-electron chi connectivity index (χ1n) is 15.4. The molecule has 0 saturated carbocycles. The van der Waals surface area contributed by atoms with Gasteiger partial charge in [0.05, 0.1) is 17.6 Å². The maximum Gasteiger partial charge on any atom is 0.437 e. The molecule has 6 rings (SSSR count). The summed E-state index contributed by atoms with van der Waals surface area (Å²) in [6, 6.07) is 18.4. The smallest absolute Gasteiger partial charge is 0.417 e. The Morgan fingerprint density at radius 1 is 0.830 bits per heavy atom. The average Bonchev–Trinajstić information content (AvgIpc) is 3.40. The number of anilines is 4. The number of oxazole rings is 1. The third-order valence-corrected chi connectivity index (χ3v) is 8.37. The number of amides is 3. The maximum absolute atomic E-state index is 14.0. The van der Waals surface area contributed by atoms with E-state index in [2.05, 4.69) is 32.7 Å². The van der Waals surface area contributed by atoms with Gasteiger partial charge in [-0.25, -0.2) is 14.2 Å². The SMILES string of the molecule is O=C(Nc1ccc(N2CCN(C(=O)Nc3ccccc3F)CC2)nc1)c1oc(N2CCCC(c3ccccc3)CC2)nc1C(F)(F)F. The number of alkyl halides is 3. The normalized spacial score (nSPS) is 17.3. The first-order chi connectivity index (χ1) is 22.7. The van der Waals surface area contributed by atoms with Crippen molar-refractivity contribution in [2.75, 3.05) is 59.7 Å². The number of nitrogens with zero attached hydrogens (tertiary/aromatic N) is 5. The summed E-state index contributed by atoms with van der Waals surface area (Å²) >= 11 is 0. The number of urea groups is 1. The summed E-state index contributed by atoms with van der Waals surface area (Å²) in [4.78, 5) is 38.9. The number of benzene rings is 2. The van der Waals surface area contributed by atoms with Crippen LogP contribution < -0.4 is 20.4 Å². The summed E-state index contributed by atoms with van der Waals surface area (Å²) in [7, 11) is 0. The molecule has 0 radical (unpaired) electrons. The molecule has 4 aromatic rings. The zero-order valence-electron chi connectivity index (χ0n) is 25.3. The van der Waals surface area contributed by atoms with Crippen molar-refractivity contribution < 1.29 is 31.6 Å². The van der Waals surface area contributed by atoms with Crippen LogP contribution in [0.1, 0.15) is 47.0 Å². The number of carbonyl (C=O) groups excluding carboxylic acids is 2. The van der Waals surface area contributed by atoms with Crippen LogP contribution in [0.3, 0.4) is 0 Å². The predicted molar refractivity (Wildman–Crippen MR) is 168 cm³/mol. The predicted octanol–water partition coefficient (Wildman–Crippen LogP) is 6.61. The Balaban J connectivity index is 1.07. The Morgan fingerprint density at radius 3 is 2.28 bits per heavy atom. The summed E-state index contributed by atoms with van der Waals surface area (Å²) in [6.07, 6.45) is -1.23. The van der Waals surface area contributed by atoms with Crippen LogP contribution in [-0.2, 0) is 6.18 Å². The van der Waals surface area contributed by atoms with Gasteiger partial charge >= 0.3 is 12.2 Å². The first-order valence-corrected chi connectivity index (χ1v) is 15.4. The molecule has 1 unspecified atom stereocenters. The topological polar surface area (TPSA) is 107 Å². The van der Waals surface area contributed by atoms with Gasteiger partial charge < -0.3 is 29.8 Å². The van der Waals surface area contributed by atoms with Gasteiger partial charge in [-0.15, -0.1) is 0 Å². The second kappa shape index (κ2) is 13.7. The number of para-hydroxylation sites is 1. The van der Waals surface area contributed by atoms with Gasteiger partial charge in [0.15, 0.2) is 5.69 Å². The highest BCUT2D eigenvalue weighted by Crippen LogP contribution is 2.36. The Hall–Kier alpha value is -5.14. The van der Waals surface area contributed by atoms with E-state index in [0.29, 0.717) is 51.5 Å². The van der Waals surface area contributed by atoms with Crippen molar-refractivity contribution in [1.82, 2.24) is 14.9 Å². The van der Waals surface area contributed by atoms with E-state index in [9.17, 15) is 27.2 Å². The molecule has 2 aromatic carbocycles. The number of aromatic nitrogens is 2. The van der Waals surface area contributed by atoms with Gasteiger partial charge in [-0.3, -0.25) is 4.79 Å². The van der Waals surface area contributed by atoms with Crippen LogP contribution in [-0.4, -0.2) is 66.1 Å². The highest BCUT2D eigenvalue weighted by atomic mass is 19.4. The van der Waals surface area contributed by atoms with E-state index >= 15 is 0 Å². The summed E-state index contributed by atoms with van der Waals surface area (Å²) in [6.45, 7) is 2.51. The van der Waals surface area contributed by atoms with Crippen molar-refractivity contribution in [3.05, 3.63) is 95.8 Å². The fourth-order valence-corrected chi connectivity index (χ4v) is 5.87. The number of nitrogens with one attached hydrogen (secondary N) is 2. The van der Waals surface area contributed by atoms with Crippen LogP contribution in [0.4, 0.5) is 45.6 Å². The van der Waals surface area contributed by atoms with Crippen molar-refractivity contribution in [2.45, 2.75) is 31.4 Å². The third-order valence-electron chi connectivity index (χ3n) is 8.37. The monoisotopic (exact) mass is 651 g/mol. The van der Waals surface area contributed by atoms with Gasteiger partial charge in [0.25, 0.3) is 11.9 Å². The molecular formula is C33H33F4N7O3. The largest absolute Gasteiger partial charge is 0.437 e. The zero-order valence-corrected chi connectivity index (χ0v) is 25.3. The van der Waals surface area contributed by atoms with Crippen molar-refractivity contribution in [2.24, 2.45) is 0 Å². The van der Waals surface area contributed by atoms with Crippen molar-refractivity contribution >= 4 is 35.1 Å². The van der Waals surface area contributed by atoms with E-state index < -0.39 is 35.4 Å². The number of hydrogen-bond acceptors (Lipinski definition) is 7. The molecule has 2 aromatic heterocycles. The fourth-order valence-electron chi connectivity index (χ4n) is 5.87. The lowest BCUT2D eigenvalue weighted by atomic mass is 9.92. The minimum Gasteiger partial charge on any atom is -0.417 e. The van der Waals surface area contributed by atoms with Crippen LogP contribution in [0.2, 0.25) is 0 Å². The maximum atomic E-state index is 14.0. The van der Waals surface area contributed by atoms with Crippen LogP contribution in [0.25, 0.3) is 0 Å². The quantitative estimate of drug-likeness (QED) is 0.226. The van der Waals surface area contributed by atoms with Gasteiger partial charge in [0, 0.05) is 39.3 Å². The molecule has 2 aliphatic rings. The molecule has 10 nitrogen and oxygen atoms in total. The van der Waals surface area contributed by atoms with E-state index in [1.807, 2.05) is 23.1 Å². The van der Waals surface area contributed by atoms with Gasteiger partial charge in [0.2, 0.25) is 5.76 Å². The minimum absolute atomic E-state index is 0.0991. The number of pyridine rings is 1. The molecule has 0 bridgehead atoms. The molecule has 246 valence electrons. The van der Waals surface area contributed by atoms with Crippen LogP contribution in [0.15, 0.2) is 77.3 Å². The van der Waals surface area contributed by atoms with Crippen molar-refractivity contribution in [3.8, 4) is 0 Å². The van der Waals surface area contributed by atoms with Crippen LogP contribution in [0, 0.1) is 5.82 Å². The van der Waals surface area contributed by atoms with Crippen molar-refractivity contribution in [3.63, 3.8) is 0 Å². The van der Waals surface area contributed by atoms with Gasteiger partial charge in [0.1, 0.15) is 11.6 Å². The molecule has 47 heavy (non-hydrogen) atoms. The molecule has 0 aliphatic carbocycles. The molecule has 2 N–H and O–H groups in total. The Morgan fingerprint density at radius 2 is 1.57 bits per heavy atom. The number of hydrogen-bond donors (Lipinski definition) is 2. The molecule has 14 heteroatoms. The lowest BCUT2D eigenvalue weighted by Gasteiger charge is -2.35. The van der Waals surface area contributed by atoms with E-state index in [1.54, 1.807) is 21.9 Å². The first kappa shape index (κ1) is 31.8. The van der Waals surface area contributed by atoms with E-state index in [1.165, 1.54) is 36.0 Å². The summed E-state index contributed by atoms with van der Waals surface area (Å²) < 4.78 is 61.3. The Kier molecular flexibility index (Phi) is 9.27. The highest BCUT2D eigenvalue weighted by Gasteiger charge is 2.42. The highest BCUT2D eigenvalue weighted by molar-refractivity contribution is 6.03. The molecule has 4 heterocycles. The summed E-state index contributed by atoms with van der Waals surface area (Å²) in [5, 5.41) is 5.01. The lowest BCUT2D eigenvalue weighted by molar-refractivity contribution is -0.141. The molecule has 3 amide bonds. The van der Waals surface area contributed by atoms with Crippen LogP contribution >= 0.6 is 0 Å². The molecule has 2 aliphatic heterocycles. The van der Waals surface area contributed by atoms with Gasteiger partial charge in [-0.05, 0) is 55.0 Å². The van der Waals surface area contributed by atoms with Crippen molar-refractivity contribution in [1.29, 1.82) is 0 Å². The van der Waals surface area contributed by atoms with E-state index in [0.717, 1.165) is 12.8 Å². The summed E-state index contributed by atoms with van der Waals surface area (Å²) in [5.41, 5.74) is 0.0781. The zero-order chi connectivity index (χ0) is 33.0. The minimum atomic E-state index is -4.90. The molecular weight excluding hydrogens is 618 g/mol. The van der Waals surface area contributed by atoms with Crippen LogP contribution in [0.5, 0.6) is 0 Å². The number of piperazine rings is 1. The lowest BCUT2D eigenvalue weighted by Crippen LogP contribution is -2.50. The molecule has 2 fully saturated rings. The Labute approximate surface area is 268 Å². The molecule has 2 saturated heterocycles. The average molecular weight is 652 g/mol. The van der Waals surface area contributed by atoms with E-state index in [4.69, 9.17) is 4.42 Å². The van der Waals surface area contributed by atoms with Gasteiger partial charge in [-0.2, -0.15) is 18.2 Å². The molecule has 0 spiro atoms. The third kappa shape index (κ3) is 7.47. The van der Waals surface area contributed by atoms with Gasteiger partial charge in [-0.1, -0.05) is 42.5 Å². The second-order valence-electron chi connectivity index (χ2n) is 11.4. The van der Waals surface area contributed by atoms with E-state index in [-0.39, 0.29) is 23.3 Å². The Bertz CT molecular complexity index is 1690. The number of rotatable bonds is 6. The standard InChI is InChI=1S/C33H33F4N7O3/c34-25-10-4-5-11-26(25)40-31(46)43-19-17-42(18-20-43)27-13-12-24(21-38-27)39-30(45)28-29(33(35,36)37)41-32(47-28)44-15-6-9-23(14-16-44)22-7-2-1-3-8-22/h1-5,7-8,10-13,21,23H,6,9,14-20H2,(H,39,45)(H,40,46). The fraction of sp³-hybridized carbons (Fsp3) is 0.333. The summed E-state index contributed by atoms with van der Waals surface area (Å²) in [5.74, 6) is -1.69. The second-order valence-corrected chi connectivity index (χ2v) is 11.4.